The van der Waals surface area contributed by atoms with Gasteiger partial charge in [-0.2, -0.15) is 18.4 Å². The van der Waals surface area contributed by atoms with Crippen molar-refractivity contribution in [2.45, 2.75) is 12.6 Å². The van der Waals surface area contributed by atoms with Crippen LogP contribution in [0.15, 0.2) is 29.8 Å². The van der Waals surface area contributed by atoms with Crippen molar-refractivity contribution >= 4 is 11.4 Å². The fourth-order valence-corrected chi connectivity index (χ4v) is 2.15. The van der Waals surface area contributed by atoms with Gasteiger partial charge in [0.1, 0.15) is 6.07 Å². The van der Waals surface area contributed by atoms with Gasteiger partial charge >= 0.3 is 6.18 Å². The van der Waals surface area contributed by atoms with E-state index in [1.165, 1.54) is 12.1 Å². The first-order valence-corrected chi connectivity index (χ1v) is 6.02. The van der Waals surface area contributed by atoms with Crippen LogP contribution in [0.5, 0.6) is 0 Å². The number of nitro benzene ring substituents is 1. The molecule has 0 fully saturated rings. The molecule has 0 unspecified atom stereocenters. The topological polar surface area (TPSA) is 70.2 Å². The van der Waals surface area contributed by atoms with E-state index >= 15 is 0 Å². The Bertz CT molecular complexity index is 647. The van der Waals surface area contributed by atoms with E-state index in [4.69, 9.17) is 5.26 Å². The molecule has 0 spiro atoms. The monoisotopic (exact) mass is 297 g/mol. The number of benzene rings is 1. The number of hydrogen-bond donors (Lipinski definition) is 0. The van der Waals surface area contributed by atoms with Crippen molar-refractivity contribution in [3.05, 3.63) is 45.5 Å². The number of rotatable bonds is 2. The molecule has 2 rings (SSSR count). The lowest BCUT2D eigenvalue weighted by atomic mass is 10.1. The second kappa shape index (κ2) is 5.44. The predicted octanol–water partition coefficient (Wildman–Crippen LogP) is 3.17. The molecule has 1 aliphatic rings. The molecule has 0 aromatic heterocycles. The third kappa shape index (κ3) is 3.13. The van der Waals surface area contributed by atoms with Gasteiger partial charge in [-0.1, -0.05) is 6.08 Å². The Morgan fingerprint density at radius 2 is 2.10 bits per heavy atom. The van der Waals surface area contributed by atoms with Crippen LogP contribution in [0, 0.1) is 21.4 Å². The van der Waals surface area contributed by atoms with Gasteiger partial charge in [0.05, 0.1) is 16.2 Å². The van der Waals surface area contributed by atoms with E-state index in [1.807, 2.05) is 6.07 Å². The molecular formula is C13H10F3N3O2. The zero-order chi connectivity index (χ0) is 15.6. The number of non-ortho nitro benzene ring substituents is 1. The average molecular weight is 297 g/mol. The minimum Gasteiger partial charge on any atom is -0.366 e. The molecule has 5 nitrogen and oxygen atoms in total. The van der Waals surface area contributed by atoms with Crippen molar-refractivity contribution in [1.29, 1.82) is 5.26 Å². The smallest absolute Gasteiger partial charge is 0.366 e. The number of alkyl halides is 3. The molecule has 0 atom stereocenters. The van der Waals surface area contributed by atoms with Crippen molar-refractivity contribution in [3.63, 3.8) is 0 Å². The van der Waals surface area contributed by atoms with Gasteiger partial charge in [0.15, 0.2) is 0 Å². The Morgan fingerprint density at radius 1 is 1.38 bits per heavy atom. The maximum atomic E-state index is 12.5. The summed E-state index contributed by atoms with van der Waals surface area (Å²) in [5.41, 5.74) is -0.327. The second-order valence-electron chi connectivity index (χ2n) is 4.49. The van der Waals surface area contributed by atoms with Crippen molar-refractivity contribution < 1.29 is 18.1 Å². The molecule has 21 heavy (non-hydrogen) atoms. The number of halogens is 3. The normalized spacial score (nSPS) is 15.3. The molecule has 0 saturated heterocycles. The summed E-state index contributed by atoms with van der Waals surface area (Å²) in [6.45, 7) is 0.124. The lowest BCUT2D eigenvalue weighted by molar-refractivity contribution is -0.384. The third-order valence-electron chi connectivity index (χ3n) is 3.23. The van der Waals surface area contributed by atoms with Crippen molar-refractivity contribution in [1.82, 2.24) is 0 Å². The number of nitrogens with zero attached hydrogens (tertiary/aromatic N) is 3. The highest BCUT2D eigenvalue weighted by atomic mass is 19.4. The summed E-state index contributed by atoms with van der Waals surface area (Å²) in [7, 11) is 0. The number of hydrogen-bond acceptors (Lipinski definition) is 4. The van der Waals surface area contributed by atoms with Gasteiger partial charge < -0.3 is 4.90 Å². The summed E-state index contributed by atoms with van der Waals surface area (Å²) in [5.74, 6) is 0. The summed E-state index contributed by atoms with van der Waals surface area (Å²) < 4.78 is 37.6. The summed E-state index contributed by atoms with van der Waals surface area (Å²) in [5, 5.41) is 19.7. The highest BCUT2D eigenvalue weighted by molar-refractivity contribution is 5.63. The van der Waals surface area contributed by atoms with E-state index in [-0.39, 0.29) is 30.8 Å². The van der Waals surface area contributed by atoms with E-state index in [9.17, 15) is 23.3 Å². The van der Waals surface area contributed by atoms with Crippen molar-refractivity contribution in [2.75, 3.05) is 18.0 Å². The molecular weight excluding hydrogens is 287 g/mol. The largest absolute Gasteiger partial charge is 0.412 e. The first-order chi connectivity index (χ1) is 9.82. The Kier molecular flexibility index (Phi) is 3.84. The van der Waals surface area contributed by atoms with Crippen LogP contribution in [0.2, 0.25) is 0 Å². The van der Waals surface area contributed by atoms with E-state index in [1.54, 1.807) is 4.90 Å². The van der Waals surface area contributed by atoms with Crippen LogP contribution in [0.1, 0.15) is 12.0 Å². The minimum absolute atomic E-state index is 0.0152. The van der Waals surface area contributed by atoms with Gasteiger partial charge in [0.25, 0.3) is 5.69 Å². The van der Waals surface area contributed by atoms with Crippen molar-refractivity contribution in [2.24, 2.45) is 0 Å². The van der Waals surface area contributed by atoms with Crippen LogP contribution in [-0.4, -0.2) is 24.2 Å². The van der Waals surface area contributed by atoms with Crippen LogP contribution in [-0.2, 0) is 0 Å². The highest BCUT2D eigenvalue weighted by Gasteiger charge is 2.35. The van der Waals surface area contributed by atoms with Gasteiger partial charge in [-0.25, -0.2) is 0 Å². The van der Waals surface area contributed by atoms with Crippen LogP contribution in [0.3, 0.4) is 0 Å². The summed E-state index contributed by atoms with van der Waals surface area (Å²) >= 11 is 0. The zero-order valence-corrected chi connectivity index (χ0v) is 10.7. The number of anilines is 1. The molecule has 0 bridgehead atoms. The molecule has 0 saturated carbocycles. The van der Waals surface area contributed by atoms with Gasteiger partial charge in [-0.15, -0.1) is 0 Å². The molecule has 8 heteroatoms. The highest BCUT2D eigenvalue weighted by Crippen LogP contribution is 2.33. The quantitative estimate of drug-likeness (QED) is 0.477. The molecule has 0 aliphatic carbocycles. The van der Waals surface area contributed by atoms with Gasteiger partial charge in [-0.05, 0) is 12.5 Å². The number of nitro groups is 1. The Balaban J connectivity index is 2.27. The van der Waals surface area contributed by atoms with Gasteiger partial charge in [0.2, 0.25) is 0 Å². The predicted molar refractivity (Wildman–Crippen MR) is 68.8 cm³/mol. The molecule has 0 amide bonds. The summed E-state index contributed by atoms with van der Waals surface area (Å²) in [4.78, 5) is 11.6. The average Bonchev–Trinajstić information content (AvgIpc) is 2.45. The maximum absolute atomic E-state index is 12.5. The molecule has 1 aromatic carbocycles. The molecule has 1 aliphatic heterocycles. The number of nitriles is 1. The summed E-state index contributed by atoms with van der Waals surface area (Å²) in [6.07, 6.45) is -3.43. The molecule has 1 aromatic rings. The van der Waals surface area contributed by atoms with E-state index in [0.29, 0.717) is 5.69 Å². The van der Waals surface area contributed by atoms with Crippen LogP contribution in [0.4, 0.5) is 24.5 Å². The fraction of sp³-hybridized carbons (Fsp3) is 0.308. The van der Waals surface area contributed by atoms with Gasteiger partial charge in [-0.3, -0.25) is 10.1 Å². The Labute approximate surface area is 118 Å². The first kappa shape index (κ1) is 14.8. The molecule has 1 heterocycles. The van der Waals surface area contributed by atoms with Crippen molar-refractivity contribution in [3.8, 4) is 6.07 Å². The van der Waals surface area contributed by atoms with E-state index in [2.05, 4.69) is 0 Å². The van der Waals surface area contributed by atoms with Crippen LogP contribution in [0.25, 0.3) is 0 Å². The fourth-order valence-electron chi connectivity index (χ4n) is 2.15. The Morgan fingerprint density at radius 3 is 2.57 bits per heavy atom. The SMILES string of the molecule is N#Cc1cc([N+](=O)[O-])ccc1N1CC=C(C(F)(F)F)CC1. The lowest BCUT2D eigenvalue weighted by Gasteiger charge is -2.29. The van der Waals surface area contributed by atoms with E-state index in [0.717, 1.165) is 12.1 Å². The minimum atomic E-state index is -4.33. The van der Waals surface area contributed by atoms with E-state index < -0.39 is 16.7 Å². The first-order valence-electron chi connectivity index (χ1n) is 6.02. The molecule has 0 radical (unpaired) electrons. The standard InChI is InChI=1S/C13H10F3N3O2/c14-13(15,16)10-3-5-18(6-4-10)12-2-1-11(19(20)21)7-9(12)8-17/h1-3,7H,4-6H2. The molecule has 110 valence electrons. The second-order valence-corrected chi connectivity index (χ2v) is 4.49. The Hall–Kier alpha value is -2.56. The van der Waals surface area contributed by atoms with Crippen LogP contribution < -0.4 is 4.90 Å². The third-order valence-corrected chi connectivity index (χ3v) is 3.23. The van der Waals surface area contributed by atoms with Gasteiger partial charge in [0, 0.05) is 30.8 Å². The zero-order valence-electron chi connectivity index (χ0n) is 10.7. The summed E-state index contributed by atoms with van der Waals surface area (Å²) in [6, 6.07) is 5.59. The molecule has 0 N–H and O–H groups in total. The van der Waals surface area contributed by atoms with Crippen LogP contribution >= 0.6 is 0 Å². The maximum Gasteiger partial charge on any atom is 0.412 e. The lowest BCUT2D eigenvalue weighted by Crippen LogP contribution is -2.32.